The van der Waals surface area contributed by atoms with Crippen molar-refractivity contribution >= 4 is 40.9 Å². The molecule has 3 fully saturated rings. The molecule has 3 heterocycles. The SMILES string of the molecule is CCN(CC)c1ccc(NC(=O)C2N([C@@H](CO)CC(C)C)C(=O)[C@@H]3[C@H](C(=O)NC)[C@]4(C)CCC23S4)cc1. The Labute approximate surface area is 224 Å². The molecule has 37 heavy (non-hydrogen) atoms. The average Bonchev–Trinajstić information content (AvgIpc) is 3.44. The Hall–Kier alpha value is -2.26. The molecule has 1 aromatic rings. The van der Waals surface area contributed by atoms with Crippen LogP contribution < -0.4 is 15.5 Å². The largest absolute Gasteiger partial charge is 0.394 e. The minimum Gasteiger partial charge on any atom is -0.394 e. The van der Waals surface area contributed by atoms with Crippen LogP contribution in [0.5, 0.6) is 0 Å². The zero-order valence-electron chi connectivity index (χ0n) is 22.9. The van der Waals surface area contributed by atoms with E-state index in [1.807, 2.05) is 38.1 Å². The van der Waals surface area contributed by atoms with Crippen molar-refractivity contribution in [2.24, 2.45) is 17.8 Å². The van der Waals surface area contributed by atoms with E-state index in [0.29, 0.717) is 18.5 Å². The number of carbonyl (C=O) groups excluding carboxylic acids is 3. The second kappa shape index (κ2) is 10.5. The first-order chi connectivity index (χ1) is 17.6. The molecule has 9 heteroatoms. The predicted molar refractivity (Wildman–Crippen MR) is 149 cm³/mol. The molecule has 3 aliphatic rings. The number of aliphatic hydroxyl groups is 1. The molecule has 2 unspecified atom stereocenters. The van der Waals surface area contributed by atoms with Gasteiger partial charge in [-0.3, -0.25) is 14.4 Å². The normalized spacial score (nSPS) is 31.0. The van der Waals surface area contributed by atoms with Gasteiger partial charge in [-0.1, -0.05) is 13.8 Å². The van der Waals surface area contributed by atoms with Gasteiger partial charge in [0.2, 0.25) is 17.7 Å². The van der Waals surface area contributed by atoms with E-state index >= 15 is 0 Å². The zero-order chi connectivity index (χ0) is 27.1. The first-order valence-corrected chi connectivity index (χ1v) is 14.4. The summed E-state index contributed by atoms with van der Waals surface area (Å²) in [6, 6.07) is 6.54. The lowest BCUT2D eigenvalue weighted by Gasteiger charge is -2.37. The van der Waals surface area contributed by atoms with Crippen molar-refractivity contribution in [1.82, 2.24) is 10.2 Å². The highest BCUT2D eigenvalue weighted by Crippen LogP contribution is 2.71. The molecule has 0 aromatic heterocycles. The first kappa shape index (κ1) is 27.8. The summed E-state index contributed by atoms with van der Waals surface area (Å²) < 4.78 is -1.10. The van der Waals surface area contributed by atoms with Crippen molar-refractivity contribution < 1.29 is 19.5 Å². The maximum Gasteiger partial charge on any atom is 0.248 e. The van der Waals surface area contributed by atoms with Crippen LogP contribution in [-0.4, -0.2) is 76.0 Å². The van der Waals surface area contributed by atoms with Crippen molar-refractivity contribution in [1.29, 1.82) is 0 Å². The number of amides is 3. The fraction of sp³-hybridized carbons (Fsp3) is 0.679. The Morgan fingerprint density at radius 1 is 1.16 bits per heavy atom. The number of likely N-dealkylation sites (tertiary alicyclic amines) is 1. The lowest BCUT2D eigenvalue weighted by atomic mass is 9.66. The van der Waals surface area contributed by atoms with Crippen molar-refractivity contribution in [3.63, 3.8) is 0 Å². The molecule has 8 nitrogen and oxygen atoms in total. The van der Waals surface area contributed by atoms with Gasteiger partial charge in [0.25, 0.3) is 0 Å². The molecule has 1 aromatic carbocycles. The molecule has 2 bridgehead atoms. The number of nitrogens with zero attached hydrogens (tertiary/aromatic N) is 2. The lowest BCUT2D eigenvalue weighted by molar-refractivity contribution is -0.142. The Balaban J connectivity index is 1.71. The molecule has 3 amide bonds. The second-order valence-corrected chi connectivity index (χ2v) is 13.2. The number of nitrogens with one attached hydrogen (secondary N) is 2. The quantitative estimate of drug-likeness (QED) is 0.430. The van der Waals surface area contributed by atoms with Crippen LogP contribution in [0, 0.1) is 17.8 Å². The van der Waals surface area contributed by atoms with E-state index in [9.17, 15) is 19.5 Å². The molecule has 6 atom stereocenters. The van der Waals surface area contributed by atoms with Gasteiger partial charge in [-0.15, -0.1) is 11.8 Å². The third kappa shape index (κ3) is 4.52. The molecule has 3 N–H and O–H groups in total. The van der Waals surface area contributed by atoms with Crippen LogP contribution in [-0.2, 0) is 14.4 Å². The van der Waals surface area contributed by atoms with Crippen LogP contribution in [0.2, 0.25) is 0 Å². The van der Waals surface area contributed by atoms with Crippen molar-refractivity contribution in [2.75, 3.05) is 37.0 Å². The Morgan fingerprint density at radius 2 is 1.81 bits per heavy atom. The fourth-order valence-corrected chi connectivity index (χ4v) is 9.33. The summed E-state index contributed by atoms with van der Waals surface area (Å²) in [7, 11) is 1.60. The maximum absolute atomic E-state index is 14.1. The van der Waals surface area contributed by atoms with E-state index in [-0.39, 0.29) is 30.2 Å². The molecule has 3 aliphatic heterocycles. The van der Waals surface area contributed by atoms with Crippen LogP contribution >= 0.6 is 11.8 Å². The van der Waals surface area contributed by atoms with Crippen molar-refractivity contribution in [2.45, 2.75) is 75.5 Å². The first-order valence-electron chi connectivity index (χ1n) is 13.6. The van der Waals surface area contributed by atoms with Crippen LogP contribution in [0.4, 0.5) is 11.4 Å². The third-order valence-corrected chi connectivity index (χ3v) is 10.6. The smallest absolute Gasteiger partial charge is 0.248 e. The number of benzene rings is 1. The monoisotopic (exact) mass is 530 g/mol. The van der Waals surface area contributed by atoms with Crippen LogP contribution in [0.1, 0.15) is 53.9 Å². The van der Waals surface area contributed by atoms with Gasteiger partial charge < -0.3 is 25.5 Å². The van der Waals surface area contributed by atoms with Crippen molar-refractivity contribution in [3.05, 3.63) is 24.3 Å². The predicted octanol–water partition coefficient (Wildman–Crippen LogP) is 3.11. The summed E-state index contributed by atoms with van der Waals surface area (Å²) in [6.45, 7) is 11.9. The van der Waals surface area contributed by atoms with E-state index in [1.54, 1.807) is 23.7 Å². The number of anilines is 2. The van der Waals surface area contributed by atoms with E-state index in [1.165, 1.54) is 0 Å². The lowest BCUT2D eigenvalue weighted by Crippen LogP contribution is -2.55. The fourth-order valence-electron chi connectivity index (χ4n) is 6.99. The molecule has 204 valence electrons. The maximum atomic E-state index is 14.1. The molecule has 0 aliphatic carbocycles. The highest BCUT2D eigenvalue weighted by Gasteiger charge is 2.77. The average molecular weight is 531 g/mol. The van der Waals surface area contributed by atoms with Crippen molar-refractivity contribution in [3.8, 4) is 0 Å². The van der Waals surface area contributed by atoms with E-state index in [0.717, 1.165) is 25.2 Å². The van der Waals surface area contributed by atoms with E-state index < -0.39 is 33.4 Å². The van der Waals surface area contributed by atoms with Gasteiger partial charge in [-0.05, 0) is 70.2 Å². The Morgan fingerprint density at radius 3 is 2.35 bits per heavy atom. The Kier molecular flexibility index (Phi) is 7.87. The minimum atomic E-state index is -0.759. The van der Waals surface area contributed by atoms with Gasteiger partial charge in [0, 0.05) is 36.3 Å². The third-order valence-electron chi connectivity index (χ3n) is 8.60. The van der Waals surface area contributed by atoms with Gasteiger partial charge in [0.05, 0.1) is 29.2 Å². The summed E-state index contributed by atoms with van der Waals surface area (Å²) in [5.41, 5.74) is 1.76. The number of hydrogen-bond donors (Lipinski definition) is 3. The van der Waals surface area contributed by atoms with Crippen LogP contribution in [0.3, 0.4) is 0 Å². The standard InChI is InChI=1S/C28H42N4O4S/c1-7-31(8-2)19-11-9-18(10-12-19)30-25(35)23-28-14-13-27(5,37-28)21(24(34)29-6)22(28)26(36)32(23)20(16-33)15-17(3)4/h9-12,17,20-23,33H,7-8,13-16H2,1-6H3,(H,29,34)(H,30,35)/t20-,21-,22+,23?,27+,28?/m1/s1. The number of rotatable bonds is 10. The highest BCUT2D eigenvalue weighted by molar-refractivity contribution is 8.02. The Bertz CT molecular complexity index is 1030. The molecular formula is C28H42N4O4S. The van der Waals surface area contributed by atoms with Crippen LogP contribution in [0.15, 0.2) is 24.3 Å². The summed E-state index contributed by atoms with van der Waals surface area (Å²) in [6.07, 6.45) is 2.04. The topological polar surface area (TPSA) is 102 Å². The molecule has 1 spiro atoms. The number of hydrogen-bond acceptors (Lipinski definition) is 6. The van der Waals surface area contributed by atoms with Gasteiger partial charge in [0.1, 0.15) is 6.04 Å². The molecule has 4 rings (SSSR count). The van der Waals surface area contributed by atoms with Gasteiger partial charge in [0.15, 0.2) is 0 Å². The van der Waals surface area contributed by atoms with E-state index in [4.69, 9.17) is 0 Å². The molecule has 3 saturated heterocycles. The van der Waals surface area contributed by atoms with Gasteiger partial charge in [-0.25, -0.2) is 0 Å². The second-order valence-electron chi connectivity index (χ2n) is 11.3. The number of carbonyl (C=O) groups is 3. The highest BCUT2D eigenvalue weighted by atomic mass is 32.2. The summed E-state index contributed by atoms with van der Waals surface area (Å²) in [5, 5.41) is 16.2. The van der Waals surface area contributed by atoms with Crippen LogP contribution in [0.25, 0.3) is 0 Å². The molecule has 0 saturated carbocycles. The number of aliphatic hydroxyl groups excluding tert-OH is 1. The van der Waals surface area contributed by atoms with Gasteiger partial charge >= 0.3 is 0 Å². The van der Waals surface area contributed by atoms with Gasteiger partial charge in [-0.2, -0.15) is 0 Å². The summed E-state index contributed by atoms with van der Waals surface area (Å²) in [4.78, 5) is 45.1. The summed E-state index contributed by atoms with van der Waals surface area (Å²) in [5.74, 6) is -1.43. The van der Waals surface area contributed by atoms with E-state index in [2.05, 4.69) is 36.3 Å². The summed E-state index contributed by atoms with van der Waals surface area (Å²) >= 11 is 1.64. The molecular weight excluding hydrogens is 488 g/mol. The number of thioether (sulfide) groups is 1. The zero-order valence-corrected chi connectivity index (χ0v) is 23.7. The number of fused-ring (bicyclic) bond motifs is 1. The molecule has 0 radical (unpaired) electrons. The minimum absolute atomic E-state index is 0.146.